The minimum atomic E-state index is -0.316. The summed E-state index contributed by atoms with van der Waals surface area (Å²) < 4.78 is 4.85. The molecule has 1 aromatic heterocycles. The molecule has 1 heterocycles. The van der Waals surface area contributed by atoms with Gasteiger partial charge in [0.1, 0.15) is 5.76 Å². The lowest BCUT2D eigenvalue weighted by atomic mass is 10.1. The Morgan fingerprint density at radius 2 is 1.81 bits per heavy atom. The molecule has 9 heteroatoms. The number of hydrogen-bond acceptors (Lipinski definition) is 6. The van der Waals surface area contributed by atoms with Gasteiger partial charge in [0, 0.05) is 11.8 Å². The van der Waals surface area contributed by atoms with Crippen molar-refractivity contribution in [3.8, 4) is 0 Å². The molecule has 8 nitrogen and oxygen atoms in total. The van der Waals surface area contributed by atoms with Gasteiger partial charge in [-0.3, -0.25) is 14.4 Å². The first-order valence-corrected chi connectivity index (χ1v) is 9.58. The number of rotatable bonds is 9. The minimum Gasteiger partial charge on any atom is -0.360 e. The zero-order valence-electron chi connectivity index (χ0n) is 15.2. The fraction of sp³-hybridized carbons (Fsp3) is 0.333. The highest BCUT2D eigenvalue weighted by atomic mass is 32.2. The maximum atomic E-state index is 12.0. The summed E-state index contributed by atoms with van der Waals surface area (Å²) in [6, 6.07) is 9.12. The number of amides is 3. The van der Waals surface area contributed by atoms with E-state index in [0.717, 1.165) is 29.4 Å². The monoisotopic (exact) mass is 390 g/mol. The molecule has 0 bridgehead atoms. The van der Waals surface area contributed by atoms with Crippen LogP contribution in [0.15, 0.2) is 34.9 Å². The van der Waals surface area contributed by atoms with Crippen LogP contribution in [0.25, 0.3) is 0 Å². The van der Waals surface area contributed by atoms with E-state index >= 15 is 0 Å². The Balaban J connectivity index is 1.64. The number of aryl methyl sites for hydroxylation is 2. The molecular formula is C18H22N4O4S. The quantitative estimate of drug-likeness (QED) is 0.603. The molecular weight excluding hydrogens is 368 g/mol. The molecule has 0 fully saturated rings. The molecule has 0 radical (unpaired) electrons. The maximum Gasteiger partial charge on any atom is 0.243 e. The Bertz CT molecular complexity index is 806. The number of aromatic nitrogens is 1. The van der Waals surface area contributed by atoms with E-state index in [1.54, 1.807) is 13.0 Å². The Morgan fingerprint density at radius 3 is 2.52 bits per heavy atom. The summed E-state index contributed by atoms with van der Waals surface area (Å²) in [6.07, 6.45) is 0.801. The van der Waals surface area contributed by atoms with Crippen molar-refractivity contribution >= 4 is 41.0 Å². The largest absolute Gasteiger partial charge is 0.360 e. The van der Waals surface area contributed by atoms with E-state index in [9.17, 15) is 14.4 Å². The van der Waals surface area contributed by atoms with Gasteiger partial charge in [-0.2, -0.15) is 0 Å². The molecule has 27 heavy (non-hydrogen) atoms. The van der Waals surface area contributed by atoms with Crippen LogP contribution in [0.4, 0.5) is 11.5 Å². The van der Waals surface area contributed by atoms with Crippen molar-refractivity contribution in [2.45, 2.75) is 20.3 Å². The summed E-state index contributed by atoms with van der Waals surface area (Å²) >= 11 is 1.14. The fourth-order valence-electron chi connectivity index (χ4n) is 2.22. The SMILES string of the molecule is CCc1ccccc1NC(=O)CNC(=O)CSCC(=O)Nc1cc(C)on1. The number of anilines is 2. The lowest BCUT2D eigenvalue weighted by molar-refractivity contribution is -0.122. The Labute approximate surface area is 161 Å². The number of para-hydroxylation sites is 1. The van der Waals surface area contributed by atoms with Crippen LogP contribution in [0.2, 0.25) is 0 Å². The van der Waals surface area contributed by atoms with Gasteiger partial charge in [0.05, 0.1) is 18.1 Å². The second kappa shape index (κ2) is 10.4. The van der Waals surface area contributed by atoms with Crippen LogP contribution in [0.5, 0.6) is 0 Å². The molecule has 0 unspecified atom stereocenters. The van der Waals surface area contributed by atoms with Gasteiger partial charge in [-0.05, 0) is 25.0 Å². The number of thioether (sulfide) groups is 1. The number of benzene rings is 1. The molecule has 0 aliphatic heterocycles. The van der Waals surface area contributed by atoms with Crippen LogP contribution >= 0.6 is 11.8 Å². The van der Waals surface area contributed by atoms with Crippen molar-refractivity contribution in [1.29, 1.82) is 0 Å². The summed E-state index contributed by atoms with van der Waals surface area (Å²) in [5.41, 5.74) is 1.77. The molecule has 3 amide bonds. The molecule has 0 aliphatic carbocycles. The maximum absolute atomic E-state index is 12.0. The van der Waals surface area contributed by atoms with Crippen molar-refractivity contribution in [2.75, 3.05) is 28.7 Å². The van der Waals surface area contributed by atoms with Gasteiger partial charge in [0.25, 0.3) is 0 Å². The predicted octanol–water partition coefficient (Wildman–Crippen LogP) is 1.97. The van der Waals surface area contributed by atoms with Crippen molar-refractivity contribution in [3.05, 3.63) is 41.7 Å². The van der Waals surface area contributed by atoms with Gasteiger partial charge in [0.15, 0.2) is 5.82 Å². The summed E-state index contributed by atoms with van der Waals surface area (Å²) in [7, 11) is 0. The standard InChI is InChI=1S/C18H22N4O4S/c1-3-13-6-4-5-7-14(13)20-16(23)9-19-17(24)10-27-11-18(25)21-15-8-12(2)26-22-15/h4-8H,3,9-11H2,1-2H3,(H,19,24)(H,20,23)(H,21,22,25). The smallest absolute Gasteiger partial charge is 0.243 e. The van der Waals surface area contributed by atoms with Crippen LogP contribution in [0.3, 0.4) is 0 Å². The van der Waals surface area contributed by atoms with E-state index in [1.807, 2.05) is 31.2 Å². The van der Waals surface area contributed by atoms with Crippen LogP contribution in [-0.2, 0) is 20.8 Å². The molecule has 0 saturated heterocycles. The van der Waals surface area contributed by atoms with Crippen LogP contribution in [0.1, 0.15) is 18.2 Å². The van der Waals surface area contributed by atoms with Gasteiger partial charge in [-0.25, -0.2) is 0 Å². The number of carbonyl (C=O) groups is 3. The topological polar surface area (TPSA) is 113 Å². The second-order valence-corrected chi connectivity index (χ2v) is 6.68. The van der Waals surface area contributed by atoms with E-state index in [1.165, 1.54) is 0 Å². The molecule has 3 N–H and O–H groups in total. The second-order valence-electron chi connectivity index (χ2n) is 5.70. The van der Waals surface area contributed by atoms with Gasteiger partial charge in [0.2, 0.25) is 17.7 Å². The zero-order valence-corrected chi connectivity index (χ0v) is 16.0. The van der Waals surface area contributed by atoms with E-state index in [-0.39, 0.29) is 35.8 Å². The van der Waals surface area contributed by atoms with Crippen LogP contribution in [-0.4, -0.2) is 40.9 Å². The first-order valence-electron chi connectivity index (χ1n) is 8.43. The van der Waals surface area contributed by atoms with E-state index in [4.69, 9.17) is 4.52 Å². The predicted molar refractivity (Wildman–Crippen MR) is 105 cm³/mol. The van der Waals surface area contributed by atoms with Gasteiger partial charge in [-0.1, -0.05) is 30.3 Å². The molecule has 0 atom stereocenters. The summed E-state index contributed by atoms with van der Waals surface area (Å²) in [5, 5.41) is 11.5. The summed E-state index contributed by atoms with van der Waals surface area (Å²) in [6.45, 7) is 3.60. The lowest BCUT2D eigenvalue weighted by Crippen LogP contribution is -2.34. The third-order valence-corrected chi connectivity index (χ3v) is 4.41. The lowest BCUT2D eigenvalue weighted by Gasteiger charge is -2.10. The number of nitrogens with zero attached hydrogens (tertiary/aromatic N) is 1. The highest BCUT2D eigenvalue weighted by Crippen LogP contribution is 2.15. The van der Waals surface area contributed by atoms with Gasteiger partial charge in [-0.15, -0.1) is 11.8 Å². The molecule has 2 aromatic rings. The third kappa shape index (κ3) is 7.14. The summed E-state index contributed by atoms with van der Waals surface area (Å²) in [4.78, 5) is 35.5. The van der Waals surface area contributed by atoms with E-state index < -0.39 is 0 Å². The number of nitrogens with one attached hydrogen (secondary N) is 3. The Morgan fingerprint density at radius 1 is 1.07 bits per heavy atom. The van der Waals surface area contributed by atoms with Gasteiger partial charge < -0.3 is 20.5 Å². The highest BCUT2D eigenvalue weighted by molar-refractivity contribution is 8.00. The average molecular weight is 390 g/mol. The number of hydrogen-bond donors (Lipinski definition) is 3. The van der Waals surface area contributed by atoms with E-state index in [2.05, 4.69) is 21.1 Å². The van der Waals surface area contributed by atoms with Crippen LogP contribution < -0.4 is 16.0 Å². The first-order chi connectivity index (χ1) is 13.0. The minimum absolute atomic E-state index is 0.0735. The normalized spacial score (nSPS) is 10.3. The molecule has 1 aromatic carbocycles. The van der Waals surface area contributed by atoms with E-state index in [0.29, 0.717) is 11.6 Å². The van der Waals surface area contributed by atoms with Crippen molar-refractivity contribution < 1.29 is 18.9 Å². The first kappa shape index (κ1) is 20.5. The summed E-state index contributed by atoms with van der Waals surface area (Å²) in [5.74, 6) is 0.204. The fourth-order valence-corrected chi connectivity index (χ4v) is 2.86. The third-order valence-electron chi connectivity index (χ3n) is 3.48. The Hall–Kier alpha value is -2.81. The van der Waals surface area contributed by atoms with Crippen molar-refractivity contribution in [2.24, 2.45) is 0 Å². The van der Waals surface area contributed by atoms with Crippen molar-refractivity contribution in [3.63, 3.8) is 0 Å². The van der Waals surface area contributed by atoms with Crippen molar-refractivity contribution in [1.82, 2.24) is 10.5 Å². The molecule has 144 valence electrons. The number of carbonyl (C=O) groups excluding carboxylic acids is 3. The molecule has 0 aliphatic rings. The van der Waals surface area contributed by atoms with Crippen LogP contribution in [0, 0.1) is 6.92 Å². The molecule has 0 spiro atoms. The average Bonchev–Trinajstić information content (AvgIpc) is 3.05. The zero-order chi connectivity index (χ0) is 19.6. The van der Waals surface area contributed by atoms with Gasteiger partial charge >= 0.3 is 0 Å². The highest BCUT2D eigenvalue weighted by Gasteiger charge is 2.10. The Kier molecular flexibility index (Phi) is 7.87. The molecule has 2 rings (SSSR count). The molecule has 0 saturated carbocycles.